The summed E-state index contributed by atoms with van der Waals surface area (Å²) in [6.07, 6.45) is 2.39. The number of benzene rings is 2. The van der Waals surface area contributed by atoms with Crippen molar-refractivity contribution in [3.05, 3.63) is 54.1 Å². The van der Waals surface area contributed by atoms with Crippen molar-refractivity contribution in [2.45, 2.75) is 64.3 Å². The second-order valence-electron chi connectivity index (χ2n) is 9.82. The summed E-state index contributed by atoms with van der Waals surface area (Å²) >= 11 is 0. The Morgan fingerprint density at radius 2 is 1.97 bits per heavy atom. The Balaban J connectivity index is 1.71. The van der Waals surface area contributed by atoms with Crippen LogP contribution in [0.1, 0.15) is 51.6 Å². The SMILES string of the molecule is CCC(C)(C)NC(=O)[C@H](c1ccc(OC)cc1)N(C[C@@H]1CCCO1)C(=O)Cn1nnc2ccccc21. The fourth-order valence-corrected chi connectivity index (χ4v) is 4.36. The highest BCUT2D eigenvalue weighted by Gasteiger charge is 2.36. The van der Waals surface area contributed by atoms with Crippen LogP contribution in [0.3, 0.4) is 0 Å². The molecular weight excluding hydrogens is 458 g/mol. The number of nitrogens with zero attached hydrogens (tertiary/aromatic N) is 4. The third kappa shape index (κ3) is 5.84. The van der Waals surface area contributed by atoms with E-state index in [1.165, 1.54) is 0 Å². The van der Waals surface area contributed by atoms with Gasteiger partial charge in [0.15, 0.2) is 0 Å². The maximum Gasteiger partial charge on any atom is 0.247 e. The van der Waals surface area contributed by atoms with Crippen LogP contribution >= 0.6 is 0 Å². The zero-order valence-electron chi connectivity index (χ0n) is 21.4. The maximum absolute atomic E-state index is 13.9. The van der Waals surface area contributed by atoms with Gasteiger partial charge in [-0.15, -0.1) is 5.10 Å². The van der Waals surface area contributed by atoms with Gasteiger partial charge in [0, 0.05) is 18.7 Å². The van der Waals surface area contributed by atoms with Crippen molar-refractivity contribution in [3.63, 3.8) is 0 Å². The summed E-state index contributed by atoms with van der Waals surface area (Å²) in [6.45, 7) is 6.90. The van der Waals surface area contributed by atoms with Gasteiger partial charge in [0.2, 0.25) is 11.8 Å². The third-order valence-electron chi connectivity index (χ3n) is 6.79. The van der Waals surface area contributed by atoms with Crippen LogP contribution in [-0.4, -0.2) is 63.6 Å². The Morgan fingerprint density at radius 3 is 2.64 bits per heavy atom. The van der Waals surface area contributed by atoms with Gasteiger partial charge in [-0.1, -0.05) is 36.4 Å². The zero-order chi connectivity index (χ0) is 25.7. The molecular formula is C27H35N5O4. The van der Waals surface area contributed by atoms with Crippen LogP contribution in [0.5, 0.6) is 5.75 Å². The molecule has 1 fully saturated rings. The van der Waals surface area contributed by atoms with Crippen molar-refractivity contribution in [2.24, 2.45) is 0 Å². The van der Waals surface area contributed by atoms with E-state index in [0.717, 1.165) is 24.8 Å². The number of hydrogen-bond donors (Lipinski definition) is 1. The first-order valence-electron chi connectivity index (χ1n) is 12.5. The number of rotatable bonds is 10. The van der Waals surface area contributed by atoms with Gasteiger partial charge < -0.3 is 19.7 Å². The molecule has 9 heteroatoms. The smallest absolute Gasteiger partial charge is 0.247 e. The van der Waals surface area contributed by atoms with Gasteiger partial charge in [-0.3, -0.25) is 9.59 Å². The van der Waals surface area contributed by atoms with E-state index in [-0.39, 0.29) is 24.5 Å². The second kappa shape index (κ2) is 11.1. The molecule has 0 aliphatic carbocycles. The molecule has 1 aromatic heterocycles. The number of ether oxygens (including phenoxy) is 2. The van der Waals surface area contributed by atoms with Gasteiger partial charge in [0.05, 0.1) is 18.7 Å². The minimum Gasteiger partial charge on any atom is -0.497 e. The molecule has 0 bridgehead atoms. The van der Waals surface area contributed by atoms with Gasteiger partial charge in [-0.25, -0.2) is 4.68 Å². The molecule has 2 aromatic carbocycles. The first kappa shape index (κ1) is 25.6. The molecule has 9 nitrogen and oxygen atoms in total. The number of carbonyl (C=O) groups is 2. The van der Waals surface area contributed by atoms with Gasteiger partial charge >= 0.3 is 0 Å². The lowest BCUT2D eigenvalue weighted by atomic mass is 9.98. The molecule has 3 aromatic rings. The van der Waals surface area contributed by atoms with Crippen molar-refractivity contribution in [3.8, 4) is 5.75 Å². The van der Waals surface area contributed by atoms with Crippen molar-refractivity contribution in [1.29, 1.82) is 0 Å². The van der Waals surface area contributed by atoms with Crippen molar-refractivity contribution < 1.29 is 19.1 Å². The number of fused-ring (bicyclic) bond motifs is 1. The summed E-state index contributed by atoms with van der Waals surface area (Å²) < 4.78 is 12.8. The van der Waals surface area contributed by atoms with Crippen molar-refractivity contribution in [2.75, 3.05) is 20.3 Å². The lowest BCUT2D eigenvalue weighted by molar-refractivity contribution is -0.144. The summed E-state index contributed by atoms with van der Waals surface area (Å²) in [7, 11) is 1.60. The third-order valence-corrected chi connectivity index (χ3v) is 6.79. The van der Waals surface area contributed by atoms with E-state index in [1.54, 1.807) is 28.8 Å². The highest BCUT2D eigenvalue weighted by Crippen LogP contribution is 2.28. The molecule has 1 N–H and O–H groups in total. The minimum absolute atomic E-state index is 0.0374. The second-order valence-corrected chi connectivity index (χ2v) is 9.82. The number of aromatic nitrogens is 3. The molecule has 36 heavy (non-hydrogen) atoms. The lowest BCUT2D eigenvalue weighted by Crippen LogP contribution is -2.52. The topological polar surface area (TPSA) is 98.6 Å². The number of hydrogen-bond acceptors (Lipinski definition) is 6. The molecule has 2 heterocycles. The quantitative estimate of drug-likeness (QED) is 0.464. The Bertz CT molecular complexity index is 1180. The Labute approximate surface area is 211 Å². The van der Waals surface area contributed by atoms with Crippen LogP contribution in [-0.2, 0) is 20.9 Å². The largest absolute Gasteiger partial charge is 0.497 e. The summed E-state index contributed by atoms with van der Waals surface area (Å²) in [5.41, 5.74) is 1.75. The van der Waals surface area contributed by atoms with E-state index in [9.17, 15) is 9.59 Å². The van der Waals surface area contributed by atoms with Crippen molar-refractivity contribution in [1.82, 2.24) is 25.2 Å². The first-order chi connectivity index (χ1) is 17.3. The van der Waals surface area contributed by atoms with Gasteiger partial charge in [0.1, 0.15) is 23.9 Å². The van der Waals surface area contributed by atoms with Gasteiger partial charge in [-0.05, 0) is 62.9 Å². The van der Waals surface area contributed by atoms with Crippen LogP contribution in [0, 0.1) is 0 Å². The predicted molar refractivity (Wildman–Crippen MR) is 136 cm³/mol. The number of nitrogens with one attached hydrogen (secondary N) is 1. The molecule has 0 unspecified atom stereocenters. The Morgan fingerprint density at radius 1 is 1.22 bits per heavy atom. The zero-order valence-corrected chi connectivity index (χ0v) is 21.4. The fraction of sp³-hybridized carbons (Fsp3) is 0.481. The summed E-state index contributed by atoms with van der Waals surface area (Å²) in [4.78, 5) is 29.3. The predicted octanol–water partition coefficient (Wildman–Crippen LogP) is 3.49. The average Bonchev–Trinajstić information content (AvgIpc) is 3.54. The monoisotopic (exact) mass is 493 g/mol. The molecule has 192 valence electrons. The van der Waals surface area contributed by atoms with E-state index < -0.39 is 11.6 Å². The Hall–Kier alpha value is -3.46. The molecule has 1 aliphatic heterocycles. The van der Waals surface area contributed by atoms with Crippen LogP contribution in [0.15, 0.2) is 48.5 Å². The van der Waals surface area contributed by atoms with E-state index in [2.05, 4.69) is 15.6 Å². The van der Waals surface area contributed by atoms with E-state index >= 15 is 0 Å². The highest BCUT2D eigenvalue weighted by molar-refractivity contribution is 5.89. The molecule has 1 saturated heterocycles. The average molecular weight is 494 g/mol. The molecule has 2 amide bonds. The van der Waals surface area contributed by atoms with E-state index in [0.29, 0.717) is 30.0 Å². The first-order valence-corrected chi connectivity index (χ1v) is 12.5. The fourth-order valence-electron chi connectivity index (χ4n) is 4.36. The highest BCUT2D eigenvalue weighted by atomic mass is 16.5. The molecule has 0 saturated carbocycles. The number of methoxy groups -OCH3 is 1. The molecule has 2 atom stereocenters. The van der Waals surface area contributed by atoms with Crippen LogP contribution in [0.4, 0.5) is 0 Å². The van der Waals surface area contributed by atoms with Gasteiger partial charge in [0.25, 0.3) is 0 Å². The number of carbonyl (C=O) groups excluding carboxylic acids is 2. The molecule has 1 aliphatic rings. The normalized spacial score (nSPS) is 16.6. The maximum atomic E-state index is 13.9. The van der Waals surface area contributed by atoms with Crippen molar-refractivity contribution >= 4 is 22.8 Å². The Kier molecular flexibility index (Phi) is 7.88. The molecule has 0 spiro atoms. The summed E-state index contributed by atoms with van der Waals surface area (Å²) in [6, 6.07) is 13.9. The van der Waals surface area contributed by atoms with Crippen LogP contribution < -0.4 is 10.1 Å². The van der Waals surface area contributed by atoms with E-state index in [4.69, 9.17) is 9.47 Å². The van der Waals surface area contributed by atoms with Crippen LogP contribution in [0.2, 0.25) is 0 Å². The number of amides is 2. The minimum atomic E-state index is -0.840. The van der Waals surface area contributed by atoms with E-state index in [1.807, 2.05) is 57.2 Å². The summed E-state index contributed by atoms with van der Waals surface area (Å²) in [5, 5.41) is 11.5. The van der Waals surface area contributed by atoms with Gasteiger partial charge in [-0.2, -0.15) is 0 Å². The lowest BCUT2D eigenvalue weighted by Gasteiger charge is -2.35. The number of para-hydroxylation sites is 1. The molecule has 4 rings (SSSR count). The van der Waals surface area contributed by atoms with Crippen LogP contribution in [0.25, 0.3) is 11.0 Å². The molecule has 0 radical (unpaired) electrons. The standard InChI is InChI=1S/C27H35N5O4/c1-5-27(2,3)28-26(34)25(19-12-14-20(35-4)15-13-19)31(17-21-9-8-16-36-21)24(33)18-32-23-11-7-6-10-22(23)29-30-32/h6-7,10-15,21,25H,5,8-9,16-18H2,1-4H3,(H,28,34)/t21-,25-/m0/s1. The summed E-state index contributed by atoms with van der Waals surface area (Å²) in [5.74, 6) is 0.214.